The molecule has 0 unspecified atom stereocenters. The van der Waals surface area contributed by atoms with Gasteiger partial charge in [0.05, 0.1) is 33.4 Å². The summed E-state index contributed by atoms with van der Waals surface area (Å²) < 4.78 is 10.3. The molecule has 1 aromatic heterocycles. The molecule has 0 bridgehead atoms. The Bertz CT molecular complexity index is 730. The van der Waals surface area contributed by atoms with Crippen LogP contribution in [0, 0.1) is 17.0 Å². The first kappa shape index (κ1) is 20.4. The first-order valence-corrected chi connectivity index (χ1v) is 8.41. The van der Waals surface area contributed by atoms with Crippen LogP contribution in [0.15, 0.2) is 4.99 Å². The second kappa shape index (κ2) is 9.71. The molecule has 0 aliphatic carbocycles. The number of nitrogens with one attached hydrogen (secondary N) is 1. The highest BCUT2D eigenvalue weighted by molar-refractivity contribution is 6.33. The summed E-state index contributed by atoms with van der Waals surface area (Å²) in [6, 6.07) is 0. The third-order valence-electron chi connectivity index (χ3n) is 3.40. The Hall–Kier alpha value is -2.89. The summed E-state index contributed by atoms with van der Waals surface area (Å²) in [7, 11) is 1.44. The zero-order chi connectivity index (χ0) is 19.8. The van der Waals surface area contributed by atoms with Gasteiger partial charge in [-0.05, 0) is 19.8 Å². The van der Waals surface area contributed by atoms with Gasteiger partial charge >= 0.3 is 6.09 Å². The third-order valence-corrected chi connectivity index (χ3v) is 3.67. The Morgan fingerprint density at radius 2 is 2.11 bits per heavy atom. The van der Waals surface area contributed by atoms with Gasteiger partial charge in [-0.1, -0.05) is 11.6 Å². The monoisotopic (exact) mass is 402 g/mol. The number of aromatic nitrogens is 2. The largest absolute Gasteiger partial charge is 0.479 e. The highest BCUT2D eigenvalue weighted by Crippen LogP contribution is 2.29. The number of amides is 1. The molecule has 12 nitrogen and oxygen atoms in total. The number of carbonyl (C=O) groups is 1. The number of hydrogen-bond acceptors (Lipinski definition) is 10. The number of anilines is 1. The molecule has 1 amide bonds. The van der Waals surface area contributed by atoms with Crippen LogP contribution in [0.4, 0.5) is 10.5 Å². The highest BCUT2D eigenvalue weighted by Gasteiger charge is 2.27. The van der Waals surface area contributed by atoms with Gasteiger partial charge in [0, 0.05) is 0 Å². The molecule has 1 aliphatic rings. The number of aliphatic imine (C=N–C) groups is 1. The van der Waals surface area contributed by atoms with Crippen LogP contribution in [0.3, 0.4) is 0 Å². The first-order valence-electron chi connectivity index (χ1n) is 8.03. The summed E-state index contributed by atoms with van der Waals surface area (Å²) in [4.78, 5) is 40.1. The number of halogens is 1. The number of rotatable bonds is 8. The molecule has 1 aliphatic heterocycles. The van der Waals surface area contributed by atoms with Crippen molar-refractivity contribution >= 4 is 29.3 Å². The number of carbonyl (C=O) groups excluding carboxylic acids is 1. The van der Waals surface area contributed by atoms with Crippen LogP contribution in [-0.2, 0) is 9.57 Å². The first-order chi connectivity index (χ1) is 12.9. The highest BCUT2D eigenvalue weighted by atomic mass is 35.5. The molecule has 0 saturated carbocycles. The van der Waals surface area contributed by atoms with E-state index in [0.29, 0.717) is 37.4 Å². The average Bonchev–Trinajstić information content (AvgIpc) is 3.08. The fraction of sp³-hybridized carbons (Fsp3) is 0.571. The SMILES string of the molecule is COc1nc(C)nc(Cl)c1NC1=NCCN1C(=O)OCCCCO[N+](=O)[O-]. The van der Waals surface area contributed by atoms with Gasteiger partial charge < -0.3 is 19.6 Å². The molecular formula is C14H19ClN6O6. The molecule has 0 atom stereocenters. The zero-order valence-corrected chi connectivity index (χ0v) is 15.6. The van der Waals surface area contributed by atoms with Gasteiger partial charge in [0.1, 0.15) is 11.5 Å². The van der Waals surface area contributed by atoms with E-state index in [1.54, 1.807) is 6.92 Å². The molecule has 13 heteroatoms. The molecule has 0 spiro atoms. The van der Waals surface area contributed by atoms with Crippen LogP contribution in [0.1, 0.15) is 18.7 Å². The Kier molecular flexibility index (Phi) is 7.34. The third kappa shape index (κ3) is 5.81. The molecule has 0 aromatic carbocycles. The number of nitrogens with zero attached hydrogens (tertiary/aromatic N) is 5. The number of unbranched alkanes of at least 4 members (excludes halogenated alkanes) is 1. The van der Waals surface area contributed by atoms with Gasteiger partial charge in [0.15, 0.2) is 5.15 Å². The van der Waals surface area contributed by atoms with Gasteiger partial charge in [-0.25, -0.2) is 14.7 Å². The lowest BCUT2D eigenvalue weighted by molar-refractivity contribution is -0.757. The maximum absolute atomic E-state index is 12.2. The number of hydrogen-bond donors (Lipinski definition) is 1. The van der Waals surface area contributed by atoms with E-state index < -0.39 is 11.2 Å². The number of aryl methyl sites for hydroxylation is 1. The minimum absolute atomic E-state index is 0.0474. The van der Waals surface area contributed by atoms with Crippen LogP contribution in [0.5, 0.6) is 5.88 Å². The smallest absolute Gasteiger partial charge is 0.416 e. The lowest BCUT2D eigenvalue weighted by atomic mass is 10.3. The van der Waals surface area contributed by atoms with Gasteiger partial charge in [0.25, 0.3) is 5.09 Å². The van der Waals surface area contributed by atoms with Crippen LogP contribution in [0.2, 0.25) is 5.15 Å². The van der Waals surface area contributed by atoms with Crippen molar-refractivity contribution in [1.82, 2.24) is 14.9 Å². The van der Waals surface area contributed by atoms with Crippen LogP contribution in [-0.4, -0.2) is 65.4 Å². The van der Waals surface area contributed by atoms with Crippen molar-refractivity contribution in [3.05, 3.63) is 21.1 Å². The Morgan fingerprint density at radius 3 is 2.81 bits per heavy atom. The topological polar surface area (TPSA) is 141 Å². The van der Waals surface area contributed by atoms with Crippen LogP contribution >= 0.6 is 11.6 Å². The van der Waals surface area contributed by atoms with Crippen molar-refractivity contribution in [2.24, 2.45) is 4.99 Å². The van der Waals surface area contributed by atoms with Crippen molar-refractivity contribution in [3.8, 4) is 5.88 Å². The van der Waals surface area contributed by atoms with E-state index in [4.69, 9.17) is 21.1 Å². The Labute approximate surface area is 159 Å². The van der Waals surface area contributed by atoms with Crippen molar-refractivity contribution in [2.45, 2.75) is 19.8 Å². The Balaban J connectivity index is 1.90. The second-order valence-corrected chi connectivity index (χ2v) is 5.66. The summed E-state index contributed by atoms with van der Waals surface area (Å²) in [5.41, 5.74) is 0.292. The summed E-state index contributed by atoms with van der Waals surface area (Å²) in [6.07, 6.45) is 0.219. The van der Waals surface area contributed by atoms with Gasteiger partial charge in [0.2, 0.25) is 11.8 Å². The second-order valence-electron chi connectivity index (χ2n) is 5.31. The maximum Gasteiger partial charge on any atom is 0.416 e. The molecule has 148 valence electrons. The van der Waals surface area contributed by atoms with E-state index >= 15 is 0 Å². The fourth-order valence-electron chi connectivity index (χ4n) is 2.19. The van der Waals surface area contributed by atoms with E-state index in [2.05, 4.69) is 25.1 Å². The van der Waals surface area contributed by atoms with E-state index in [1.165, 1.54) is 12.0 Å². The molecule has 1 N–H and O–H groups in total. The van der Waals surface area contributed by atoms with E-state index in [-0.39, 0.29) is 30.2 Å². The van der Waals surface area contributed by atoms with Crippen LogP contribution < -0.4 is 10.1 Å². The predicted molar refractivity (Wildman–Crippen MR) is 94.5 cm³/mol. The molecular weight excluding hydrogens is 384 g/mol. The summed E-state index contributed by atoms with van der Waals surface area (Å²) in [5, 5.41) is 12.2. The fourth-order valence-corrected chi connectivity index (χ4v) is 2.44. The molecule has 0 radical (unpaired) electrons. The molecule has 0 saturated heterocycles. The molecule has 2 rings (SSSR count). The number of guanidine groups is 1. The lowest BCUT2D eigenvalue weighted by Crippen LogP contribution is -2.39. The van der Waals surface area contributed by atoms with E-state index in [9.17, 15) is 14.9 Å². The maximum atomic E-state index is 12.2. The minimum atomic E-state index is -0.862. The quantitative estimate of drug-likeness (QED) is 0.297. The number of ether oxygens (including phenoxy) is 2. The molecule has 2 heterocycles. The number of methoxy groups -OCH3 is 1. The summed E-state index contributed by atoms with van der Waals surface area (Å²) in [6.45, 7) is 2.44. The van der Waals surface area contributed by atoms with Gasteiger partial charge in [-0.15, -0.1) is 10.1 Å². The minimum Gasteiger partial charge on any atom is -0.479 e. The van der Waals surface area contributed by atoms with E-state index in [1.807, 2.05) is 0 Å². The predicted octanol–water partition coefficient (Wildman–Crippen LogP) is 1.66. The lowest BCUT2D eigenvalue weighted by Gasteiger charge is -2.20. The van der Waals surface area contributed by atoms with Crippen molar-refractivity contribution in [2.75, 3.05) is 38.7 Å². The van der Waals surface area contributed by atoms with E-state index in [0.717, 1.165) is 0 Å². The van der Waals surface area contributed by atoms with Crippen molar-refractivity contribution < 1.29 is 24.2 Å². The standard InChI is InChI=1S/C14H19ClN6O6/c1-9-17-11(15)10(12(18-9)25-2)19-13-16-5-6-20(13)14(22)26-7-3-4-8-27-21(23)24/h3-8H2,1-2H3,(H,16,19). The average molecular weight is 403 g/mol. The molecule has 0 fully saturated rings. The van der Waals surface area contributed by atoms with Gasteiger partial charge in [-0.3, -0.25) is 4.99 Å². The van der Waals surface area contributed by atoms with Crippen LogP contribution in [0.25, 0.3) is 0 Å². The Morgan fingerprint density at radius 1 is 1.37 bits per heavy atom. The van der Waals surface area contributed by atoms with Crippen molar-refractivity contribution in [1.29, 1.82) is 0 Å². The van der Waals surface area contributed by atoms with Crippen molar-refractivity contribution in [3.63, 3.8) is 0 Å². The van der Waals surface area contributed by atoms with Gasteiger partial charge in [-0.2, -0.15) is 4.98 Å². The molecule has 1 aromatic rings. The zero-order valence-electron chi connectivity index (χ0n) is 14.8. The summed E-state index contributed by atoms with van der Waals surface area (Å²) in [5.74, 6) is 0.902. The molecule has 27 heavy (non-hydrogen) atoms. The normalized spacial score (nSPS) is 13.1. The summed E-state index contributed by atoms with van der Waals surface area (Å²) >= 11 is 6.13.